The molecule has 4 nitrogen and oxygen atoms in total. The molecule has 1 aromatic heterocycles. The van der Waals surface area contributed by atoms with E-state index in [1.165, 1.54) is 36.8 Å². The zero-order valence-electron chi connectivity index (χ0n) is 16.3. The molecule has 2 aromatic carbocycles. The van der Waals surface area contributed by atoms with Crippen molar-refractivity contribution in [3.8, 4) is 11.8 Å². The van der Waals surface area contributed by atoms with E-state index in [9.17, 15) is 0 Å². The summed E-state index contributed by atoms with van der Waals surface area (Å²) in [5.74, 6) is 0.816. The number of nitriles is 1. The summed E-state index contributed by atoms with van der Waals surface area (Å²) in [7, 11) is 0. The monoisotopic (exact) mass is 371 g/mol. The molecule has 4 heteroatoms. The second-order valence-electron chi connectivity index (χ2n) is 7.46. The summed E-state index contributed by atoms with van der Waals surface area (Å²) in [6.45, 7) is 4.78. The fourth-order valence-electron chi connectivity index (χ4n) is 3.82. The van der Waals surface area contributed by atoms with Crippen LogP contribution >= 0.6 is 0 Å². The summed E-state index contributed by atoms with van der Waals surface area (Å²) in [5, 5.41) is 10.1. The van der Waals surface area contributed by atoms with Crippen molar-refractivity contribution in [2.45, 2.75) is 39.2 Å². The highest BCUT2D eigenvalue weighted by molar-refractivity contribution is 5.92. The van der Waals surface area contributed by atoms with Gasteiger partial charge in [0, 0.05) is 35.9 Å². The first kappa shape index (κ1) is 18.3. The lowest BCUT2D eigenvalue weighted by Gasteiger charge is -2.24. The summed E-state index contributed by atoms with van der Waals surface area (Å²) in [4.78, 5) is 7.27. The number of anilines is 1. The van der Waals surface area contributed by atoms with Gasteiger partial charge in [0.15, 0.2) is 0 Å². The Hall–Kier alpha value is -3.06. The van der Waals surface area contributed by atoms with E-state index >= 15 is 0 Å². The van der Waals surface area contributed by atoms with E-state index in [4.69, 9.17) is 15.0 Å². The molecule has 3 aromatic rings. The first-order valence-corrected chi connectivity index (χ1v) is 10.0. The molecule has 0 aliphatic carbocycles. The highest BCUT2D eigenvalue weighted by Gasteiger charge is 2.14. The van der Waals surface area contributed by atoms with Crippen LogP contribution in [-0.2, 0) is 6.61 Å². The van der Waals surface area contributed by atoms with Gasteiger partial charge in [0.1, 0.15) is 12.4 Å². The van der Waals surface area contributed by atoms with E-state index in [0.29, 0.717) is 12.2 Å². The molecule has 4 rings (SSSR count). The molecule has 2 heterocycles. The third-order valence-electron chi connectivity index (χ3n) is 5.32. The number of pyridine rings is 1. The number of hydrogen-bond acceptors (Lipinski definition) is 4. The normalized spacial score (nSPS) is 14.5. The predicted octanol–water partition coefficient (Wildman–Crippen LogP) is 5.37. The van der Waals surface area contributed by atoms with Gasteiger partial charge in [0.2, 0.25) is 0 Å². The molecular formula is C24H25N3O. The largest absolute Gasteiger partial charge is 0.489 e. The Bertz CT molecular complexity index is 997. The number of aromatic nitrogens is 1. The first-order chi connectivity index (χ1) is 13.7. The van der Waals surface area contributed by atoms with Gasteiger partial charge in [-0.15, -0.1) is 0 Å². The van der Waals surface area contributed by atoms with Crippen LogP contribution in [0.4, 0.5) is 5.69 Å². The predicted molar refractivity (Wildman–Crippen MR) is 113 cm³/mol. The zero-order chi connectivity index (χ0) is 19.3. The molecule has 1 aliphatic rings. The van der Waals surface area contributed by atoms with Gasteiger partial charge in [-0.25, -0.2) is 0 Å². The van der Waals surface area contributed by atoms with Crippen LogP contribution in [0.2, 0.25) is 0 Å². The SMILES string of the molecule is Cc1cc(N2CCCCCC2)c2ccc(OCc3ccc(C#N)cc3)cc2n1. The molecule has 0 bridgehead atoms. The van der Waals surface area contributed by atoms with Crippen molar-refractivity contribution in [2.75, 3.05) is 18.0 Å². The third kappa shape index (κ3) is 4.09. The highest BCUT2D eigenvalue weighted by Crippen LogP contribution is 2.31. The van der Waals surface area contributed by atoms with E-state index in [1.807, 2.05) is 36.4 Å². The van der Waals surface area contributed by atoms with Crippen molar-refractivity contribution in [1.82, 2.24) is 4.98 Å². The molecule has 28 heavy (non-hydrogen) atoms. The molecule has 0 N–H and O–H groups in total. The number of ether oxygens (including phenoxy) is 1. The summed E-state index contributed by atoms with van der Waals surface area (Å²) >= 11 is 0. The van der Waals surface area contributed by atoms with Gasteiger partial charge >= 0.3 is 0 Å². The van der Waals surface area contributed by atoms with Gasteiger partial charge < -0.3 is 9.64 Å². The van der Waals surface area contributed by atoms with E-state index < -0.39 is 0 Å². The van der Waals surface area contributed by atoms with E-state index in [-0.39, 0.29) is 0 Å². The van der Waals surface area contributed by atoms with Crippen LogP contribution in [0, 0.1) is 18.3 Å². The topological polar surface area (TPSA) is 49.1 Å². The molecule has 1 fully saturated rings. The smallest absolute Gasteiger partial charge is 0.122 e. The number of aryl methyl sites for hydroxylation is 1. The Morgan fingerprint density at radius 1 is 1.00 bits per heavy atom. The van der Waals surface area contributed by atoms with Crippen molar-refractivity contribution in [3.05, 3.63) is 65.4 Å². The Morgan fingerprint density at radius 2 is 1.75 bits per heavy atom. The maximum Gasteiger partial charge on any atom is 0.122 e. The van der Waals surface area contributed by atoms with Crippen LogP contribution in [0.25, 0.3) is 10.9 Å². The average molecular weight is 371 g/mol. The quantitative estimate of drug-likeness (QED) is 0.618. The second-order valence-corrected chi connectivity index (χ2v) is 7.46. The maximum absolute atomic E-state index is 8.90. The highest BCUT2D eigenvalue weighted by atomic mass is 16.5. The molecule has 0 radical (unpaired) electrons. The van der Waals surface area contributed by atoms with Gasteiger partial charge in [0.05, 0.1) is 17.1 Å². The van der Waals surface area contributed by atoms with Crippen molar-refractivity contribution < 1.29 is 4.74 Å². The van der Waals surface area contributed by atoms with E-state index in [2.05, 4.69) is 30.0 Å². The molecule has 0 amide bonds. The van der Waals surface area contributed by atoms with Crippen molar-refractivity contribution in [1.29, 1.82) is 5.26 Å². The molecule has 1 saturated heterocycles. The van der Waals surface area contributed by atoms with Crippen molar-refractivity contribution in [3.63, 3.8) is 0 Å². The minimum absolute atomic E-state index is 0.474. The van der Waals surface area contributed by atoms with Crippen molar-refractivity contribution >= 4 is 16.6 Å². The molecule has 0 atom stereocenters. The van der Waals surface area contributed by atoms with Crippen molar-refractivity contribution in [2.24, 2.45) is 0 Å². The van der Waals surface area contributed by atoms with Crippen LogP contribution in [0.3, 0.4) is 0 Å². The van der Waals surface area contributed by atoms with E-state index in [1.54, 1.807) is 0 Å². The molecule has 0 unspecified atom stereocenters. The lowest BCUT2D eigenvalue weighted by molar-refractivity contribution is 0.306. The fourth-order valence-corrected chi connectivity index (χ4v) is 3.82. The van der Waals surface area contributed by atoms with Crippen LogP contribution in [0.5, 0.6) is 5.75 Å². The number of hydrogen-bond donors (Lipinski definition) is 0. The fraction of sp³-hybridized carbons (Fsp3) is 0.333. The molecule has 1 aliphatic heterocycles. The van der Waals surface area contributed by atoms with E-state index in [0.717, 1.165) is 35.6 Å². The van der Waals surface area contributed by atoms with Gasteiger partial charge in [-0.3, -0.25) is 4.98 Å². The summed E-state index contributed by atoms with van der Waals surface area (Å²) in [5.41, 5.74) is 5.02. The number of benzene rings is 2. The Morgan fingerprint density at radius 3 is 2.46 bits per heavy atom. The minimum atomic E-state index is 0.474. The number of fused-ring (bicyclic) bond motifs is 1. The molecule has 0 spiro atoms. The molecule has 0 saturated carbocycles. The number of nitrogens with zero attached hydrogens (tertiary/aromatic N) is 3. The lowest BCUT2D eigenvalue weighted by atomic mass is 10.1. The Balaban J connectivity index is 1.57. The van der Waals surface area contributed by atoms with Gasteiger partial charge in [0.25, 0.3) is 0 Å². The molecular weight excluding hydrogens is 346 g/mol. The number of rotatable bonds is 4. The van der Waals surface area contributed by atoms with Crippen LogP contribution in [-0.4, -0.2) is 18.1 Å². The lowest BCUT2D eigenvalue weighted by Crippen LogP contribution is -2.24. The van der Waals surface area contributed by atoms with Gasteiger partial charge in [-0.2, -0.15) is 5.26 Å². The van der Waals surface area contributed by atoms with Crippen LogP contribution in [0.1, 0.15) is 42.5 Å². The first-order valence-electron chi connectivity index (χ1n) is 10.0. The maximum atomic E-state index is 8.90. The Labute approximate surface area is 166 Å². The summed E-state index contributed by atoms with van der Waals surface area (Å²) in [6.07, 6.45) is 5.17. The Kier molecular flexibility index (Phi) is 5.43. The second kappa shape index (κ2) is 8.31. The van der Waals surface area contributed by atoms with Crippen LogP contribution < -0.4 is 9.64 Å². The average Bonchev–Trinajstić information content (AvgIpc) is 3.01. The summed E-state index contributed by atoms with van der Waals surface area (Å²) in [6, 6.07) is 18.0. The van der Waals surface area contributed by atoms with Gasteiger partial charge in [-0.05, 0) is 55.7 Å². The van der Waals surface area contributed by atoms with Crippen LogP contribution in [0.15, 0.2) is 48.5 Å². The van der Waals surface area contributed by atoms with Gasteiger partial charge in [-0.1, -0.05) is 25.0 Å². The zero-order valence-corrected chi connectivity index (χ0v) is 16.3. The third-order valence-corrected chi connectivity index (χ3v) is 5.32. The standard InChI is InChI=1S/C24H25N3O/c1-18-14-24(27-12-4-2-3-5-13-27)22-11-10-21(15-23(22)26-18)28-17-20-8-6-19(16-25)7-9-20/h6-11,14-15H,2-5,12-13,17H2,1H3. The minimum Gasteiger partial charge on any atom is -0.489 e. The molecule has 142 valence electrons. The summed E-state index contributed by atoms with van der Waals surface area (Å²) < 4.78 is 5.98.